The molecular formula is C19H16F3N3O5S. The summed E-state index contributed by atoms with van der Waals surface area (Å²) in [7, 11) is -3.99. The molecule has 0 spiro atoms. The maximum atomic E-state index is 12.7. The summed E-state index contributed by atoms with van der Waals surface area (Å²) in [6.45, 7) is 1.26. The van der Waals surface area contributed by atoms with Crippen molar-refractivity contribution in [3.63, 3.8) is 0 Å². The lowest BCUT2D eigenvalue weighted by Gasteiger charge is -2.18. The van der Waals surface area contributed by atoms with Crippen LogP contribution < -0.4 is 4.74 Å². The number of aromatic nitrogens is 3. The first kappa shape index (κ1) is 21.2. The highest BCUT2D eigenvalue weighted by atomic mass is 32.2. The van der Waals surface area contributed by atoms with E-state index in [0.717, 1.165) is 43.3 Å². The minimum Gasteiger partial charge on any atom is -0.406 e. The molecule has 1 aliphatic heterocycles. The largest absolute Gasteiger partial charge is 0.573 e. The Morgan fingerprint density at radius 3 is 2.29 bits per heavy atom. The third-order valence-corrected chi connectivity index (χ3v) is 6.42. The van der Waals surface area contributed by atoms with Crippen LogP contribution in [0.2, 0.25) is 0 Å². The first-order valence-electron chi connectivity index (χ1n) is 9.21. The van der Waals surface area contributed by atoms with Crippen molar-refractivity contribution in [2.75, 3.05) is 13.2 Å². The van der Waals surface area contributed by atoms with Crippen molar-refractivity contribution in [1.82, 2.24) is 15.1 Å². The third-order valence-electron chi connectivity index (χ3n) is 4.66. The van der Waals surface area contributed by atoms with E-state index in [-0.39, 0.29) is 21.6 Å². The van der Waals surface area contributed by atoms with Crippen molar-refractivity contribution in [1.29, 1.82) is 0 Å². The van der Waals surface area contributed by atoms with Crippen molar-refractivity contribution in [3.05, 3.63) is 48.4 Å². The average Bonchev–Trinajstić information content (AvgIpc) is 3.24. The minimum absolute atomic E-state index is 0.134. The maximum Gasteiger partial charge on any atom is 0.573 e. The Labute approximate surface area is 174 Å². The van der Waals surface area contributed by atoms with E-state index < -0.39 is 21.9 Å². The molecular weight excluding hydrogens is 439 g/mol. The van der Waals surface area contributed by atoms with E-state index in [9.17, 15) is 21.6 Å². The first-order chi connectivity index (χ1) is 14.7. The Morgan fingerprint density at radius 2 is 1.68 bits per heavy atom. The highest BCUT2D eigenvalue weighted by molar-refractivity contribution is 7.91. The second-order valence-corrected chi connectivity index (χ2v) is 8.70. The molecule has 0 saturated carbocycles. The van der Waals surface area contributed by atoms with Crippen molar-refractivity contribution < 1.29 is 35.6 Å². The molecule has 0 amide bonds. The number of alkyl halides is 3. The van der Waals surface area contributed by atoms with E-state index in [4.69, 9.17) is 9.26 Å². The Balaban J connectivity index is 1.51. The number of halogens is 3. The summed E-state index contributed by atoms with van der Waals surface area (Å²) in [6.07, 6.45) is -2.16. The topological polar surface area (TPSA) is 104 Å². The zero-order valence-corrected chi connectivity index (χ0v) is 16.7. The summed E-state index contributed by atoms with van der Waals surface area (Å²) in [6, 6.07) is 6.66. The van der Waals surface area contributed by atoms with Crippen LogP contribution in [0.4, 0.5) is 13.2 Å². The molecule has 0 N–H and O–H groups in total. The van der Waals surface area contributed by atoms with Gasteiger partial charge in [0.15, 0.2) is 5.82 Å². The normalized spacial score (nSPS) is 15.7. The summed E-state index contributed by atoms with van der Waals surface area (Å²) in [5.74, 6) is 0.337. The van der Waals surface area contributed by atoms with Gasteiger partial charge in [-0.05, 0) is 49.2 Å². The molecule has 8 nitrogen and oxygen atoms in total. The summed E-state index contributed by atoms with van der Waals surface area (Å²) in [4.78, 5) is 8.10. The predicted octanol–water partition coefficient (Wildman–Crippen LogP) is 3.76. The van der Waals surface area contributed by atoms with Gasteiger partial charge in [0, 0.05) is 25.3 Å². The maximum absolute atomic E-state index is 12.7. The van der Waals surface area contributed by atoms with Gasteiger partial charge in [-0.1, -0.05) is 5.16 Å². The third kappa shape index (κ3) is 4.85. The van der Waals surface area contributed by atoms with E-state index in [1.165, 1.54) is 12.1 Å². The molecule has 31 heavy (non-hydrogen) atoms. The van der Waals surface area contributed by atoms with Crippen molar-refractivity contribution >= 4 is 9.84 Å². The van der Waals surface area contributed by atoms with Crippen LogP contribution >= 0.6 is 0 Å². The molecule has 1 saturated heterocycles. The van der Waals surface area contributed by atoms with Gasteiger partial charge in [-0.15, -0.1) is 13.2 Å². The summed E-state index contributed by atoms with van der Waals surface area (Å²) in [5.41, 5.74) is 0.304. The van der Waals surface area contributed by atoms with Crippen LogP contribution in [0.3, 0.4) is 0 Å². The van der Waals surface area contributed by atoms with Crippen molar-refractivity contribution in [2.45, 2.75) is 34.9 Å². The fourth-order valence-electron chi connectivity index (χ4n) is 3.08. The van der Waals surface area contributed by atoms with E-state index in [1.54, 1.807) is 0 Å². The molecule has 1 aromatic carbocycles. The highest BCUT2D eigenvalue weighted by Gasteiger charge is 2.31. The number of hydrogen-bond donors (Lipinski definition) is 0. The summed E-state index contributed by atoms with van der Waals surface area (Å²) >= 11 is 0. The van der Waals surface area contributed by atoms with E-state index in [0.29, 0.717) is 24.7 Å². The molecule has 3 heterocycles. The zero-order chi connectivity index (χ0) is 22.1. The van der Waals surface area contributed by atoms with Crippen LogP contribution in [0.5, 0.6) is 5.75 Å². The number of rotatable bonds is 5. The lowest BCUT2D eigenvalue weighted by molar-refractivity contribution is -0.274. The van der Waals surface area contributed by atoms with E-state index in [2.05, 4.69) is 19.9 Å². The smallest absolute Gasteiger partial charge is 0.406 e. The van der Waals surface area contributed by atoms with Crippen LogP contribution in [0.15, 0.2) is 56.9 Å². The molecule has 1 aliphatic rings. The molecule has 0 unspecified atom stereocenters. The van der Waals surface area contributed by atoms with E-state index >= 15 is 0 Å². The first-order valence-corrected chi connectivity index (χ1v) is 10.7. The standard InChI is InChI=1S/C19H16F3N3O5S/c20-19(21,22)29-13-1-3-14(4-2-13)31(26,27)15-5-6-16(23-11-15)18-24-17(25-30-18)12-7-9-28-10-8-12/h1-6,11-12H,7-10H2. The van der Waals surface area contributed by atoms with Crippen LogP contribution in [-0.4, -0.2) is 43.1 Å². The Bertz CT molecular complexity index is 1140. The number of hydrogen-bond acceptors (Lipinski definition) is 8. The average molecular weight is 455 g/mol. The zero-order valence-electron chi connectivity index (χ0n) is 15.9. The van der Waals surface area contributed by atoms with Gasteiger partial charge < -0.3 is 14.0 Å². The van der Waals surface area contributed by atoms with Gasteiger partial charge in [0.05, 0.1) is 9.79 Å². The molecule has 4 rings (SSSR count). The van der Waals surface area contributed by atoms with Gasteiger partial charge in [0.25, 0.3) is 5.89 Å². The van der Waals surface area contributed by atoms with Crippen LogP contribution in [0, 0.1) is 0 Å². The number of benzene rings is 1. The molecule has 3 aromatic rings. The van der Waals surface area contributed by atoms with Crippen molar-refractivity contribution in [2.24, 2.45) is 0 Å². The molecule has 0 radical (unpaired) electrons. The molecule has 2 aromatic heterocycles. The molecule has 0 aliphatic carbocycles. The predicted molar refractivity (Wildman–Crippen MR) is 98.9 cm³/mol. The fraction of sp³-hybridized carbons (Fsp3) is 0.316. The second-order valence-electron chi connectivity index (χ2n) is 6.75. The number of ether oxygens (including phenoxy) is 2. The SMILES string of the molecule is O=S(=O)(c1ccc(OC(F)(F)F)cc1)c1ccc(-c2nc(C3CCOCC3)no2)nc1. The lowest BCUT2D eigenvalue weighted by atomic mass is 10.00. The fourth-order valence-corrected chi connectivity index (χ4v) is 4.29. The minimum atomic E-state index is -4.86. The van der Waals surface area contributed by atoms with Crippen molar-refractivity contribution in [3.8, 4) is 17.3 Å². The van der Waals surface area contributed by atoms with E-state index in [1.807, 2.05) is 0 Å². The Morgan fingerprint density at radius 1 is 1.00 bits per heavy atom. The Kier molecular flexibility index (Phi) is 5.67. The van der Waals surface area contributed by atoms with Gasteiger partial charge in [0.2, 0.25) is 9.84 Å². The van der Waals surface area contributed by atoms with Crippen LogP contribution in [0.25, 0.3) is 11.6 Å². The van der Waals surface area contributed by atoms with Gasteiger partial charge in [-0.25, -0.2) is 13.4 Å². The molecule has 0 atom stereocenters. The summed E-state index contributed by atoms with van der Waals surface area (Å²) < 4.78 is 76.5. The van der Waals surface area contributed by atoms with Gasteiger partial charge >= 0.3 is 6.36 Å². The van der Waals surface area contributed by atoms with Gasteiger partial charge in [-0.3, -0.25) is 0 Å². The summed E-state index contributed by atoms with van der Waals surface area (Å²) in [5, 5.41) is 3.98. The lowest BCUT2D eigenvalue weighted by Crippen LogP contribution is -2.17. The molecule has 164 valence electrons. The molecule has 12 heteroatoms. The quantitative estimate of drug-likeness (QED) is 0.573. The Hall–Kier alpha value is -2.99. The number of sulfone groups is 1. The van der Waals surface area contributed by atoms with Gasteiger partial charge in [0.1, 0.15) is 11.4 Å². The monoisotopic (exact) mass is 455 g/mol. The number of pyridine rings is 1. The van der Waals surface area contributed by atoms with Crippen LogP contribution in [-0.2, 0) is 14.6 Å². The second kappa shape index (κ2) is 8.27. The highest BCUT2D eigenvalue weighted by Crippen LogP contribution is 2.29. The molecule has 0 bridgehead atoms. The molecule has 1 fully saturated rings. The van der Waals surface area contributed by atoms with Gasteiger partial charge in [-0.2, -0.15) is 4.98 Å². The number of nitrogens with zero attached hydrogens (tertiary/aromatic N) is 3. The van der Waals surface area contributed by atoms with Crippen LogP contribution in [0.1, 0.15) is 24.6 Å².